The third-order valence-corrected chi connectivity index (χ3v) is 5.85. The first-order valence-electron chi connectivity index (χ1n) is 7.35. The highest BCUT2D eigenvalue weighted by Crippen LogP contribution is 2.27. The van der Waals surface area contributed by atoms with E-state index in [1.54, 1.807) is 22.9 Å². The van der Waals surface area contributed by atoms with Gasteiger partial charge in [0.05, 0.1) is 21.5 Å². The van der Waals surface area contributed by atoms with Crippen molar-refractivity contribution in [2.45, 2.75) is 30.6 Å². The van der Waals surface area contributed by atoms with Crippen molar-refractivity contribution in [3.8, 4) is 5.69 Å². The van der Waals surface area contributed by atoms with E-state index in [4.69, 9.17) is 35.4 Å². The SMILES string of the molecule is CC(C)(C)NC(=O)NC(=O)CSc1nn(-c2ccc(Cl)c(Cl)c2)c(=S)s1. The molecule has 0 aliphatic carbocycles. The smallest absolute Gasteiger partial charge is 0.321 e. The number of rotatable bonds is 4. The van der Waals surface area contributed by atoms with E-state index in [-0.39, 0.29) is 5.75 Å². The van der Waals surface area contributed by atoms with Crippen LogP contribution in [0, 0.1) is 3.95 Å². The quantitative estimate of drug-likeness (QED) is 0.521. The zero-order valence-corrected chi connectivity index (χ0v) is 18.1. The number of thioether (sulfide) groups is 1. The molecule has 6 nitrogen and oxygen atoms in total. The third-order valence-electron chi connectivity index (χ3n) is 2.75. The van der Waals surface area contributed by atoms with Gasteiger partial charge in [-0.05, 0) is 51.2 Å². The molecule has 1 aromatic heterocycles. The molecule has 0 unspecified atom stereocenters. The first kappa shape index (κ1) is 21.2. The monoisotopic (exact) mass is 450 g/mol. The Labute approximate surface area is 174 Å². The van der Waals surface area contributed by atoms with Crippen LogP contribution in [0.15, 0.2) is 22.5 Å². The van der Waals surface area contributed by atoms with E-state index in [1.807, 2.05) is 20.8 Å². The molecule has 11 heteroatoms. The van der Waals surface area contributed by atoms with Gasteiger partial charge in [0.1, 0.15) is 0 Å². The van der Waals surface area contributed by atoms with Crippen molar-refractivity contribution in [2.75, 3.05) is 5.75 Å². The number of hydrogen-bond donors (Lipinski definition) is 2. The average Bonchev–Trinajstić information content (AvgIpc) is 2.87. The van der Waals surface area contributed by atoms with Gasteiger partial charge >= 0.3 is 6.03 Å². The Morgan fingerprint density at radius 3 is 2.62 bits per heavy atom. The van der Waals surface area contributed by atoms with Gasteiger partial charge in [0, 0.05) is 5.54 Å². The lowest BCUT2D eigenvalue weighted by Crippen LogP contribution is -2.48. The number of halogens is 2. The largest absolute Gasteiger partial charge is 0.333 e. The summed E-state index contributed by atoms with van der Waals surface area (Å²) in [6.07, 6.45) is 0. The molecule has 0 spiro atoms. The summed E-state index contributed by atoms with van der Waals surface area (Å²) in [5.74, 6) is -0.375. The number of nitrogens with zero attached hydrogens (tertiary/aromatic N) is 2. The summed E-state index contributed by atoms with van der Waals surface area (Å²) in [7, 11) is 0. The molecule has 0 saturated heterocycles. The molecule has 0 aliphatic rings. The molecule has 3 amide bonds. The van der Waals surface area contributed by atoms with E-state index < -0.39 is 17.5 Å². The van der Waals surface area contributed by atoms with Crippen LogP contribution in [0.25, 0.3) is 5.69 Å². The van der Waals surface area contributed by atoms with Crippen LogP contribution in [0.1, 0.15) is 20.8 Å². The summed E-state index contributed by atoms with van der Waals surface area (Å²) >= 11 is 19.7. The number of nitrogens with one attached hydrogen (secondary N) is 2. The second-order valence-electron chi connectivity index (χ2n) is 6.19. The predicted octanol–water partition coefficient (Wildman–Crippen LogP) is 4.69. The maximum absolute atomic E-state index is 11.9. The summed E-state index contributed by atoms with van der Waals surface area (Å²) in [6, 6.07) is 4.55. The van der Waals surface area contributed by atoms with Gasteiger partial charge in [0.15, 0.2) is 8.29 Å². The van der Waals surface area contributed by atoms with Gasteiger partial charge < -0.3 is 5.32 Å². The summed E-state index contributed by atoms with van der Waals surface area (Å²) in [4.78, 5) is 23.5. The van der Waals surface area contributed by atoms with E-state index in [2.05, 4.69) is 15.7 Å². The Kier molecular flexibility index (Phi) is 7.09. The number of amides is 3. The second kappa shape index (κ2) is 8.71. The Morgan fingerprint density at radius 1 is 1.31 bits per heavy atom. The van der Waals surface area contributed by atoms with Crippen molar-refractivity contribution in [1.29, 1.82) is 0 Å². The van der Waals surface area contributed by atoms with Crippen LogP contribution in [-0.2, 0) is 4.79 Å². The number of aromatic nitrogens is 2. The zero-order chi connectivity index (χ0) is 19.5. The molecule has 1 heterocycles. The molecular weight excluding hydrogens is 435 g/mol. The van der Waals surface area contributed by atoms with E-state index >= 15 is 0 Å². The van der Waals surface area contributed by atoms with Crippen LogP contribution in [-0.4, -0.2) is 33.0 Å². The fraction of sp³-hybridized carbons (Fsp3) is 0.333. The van der Waals surface area contributed by atoms with E-state index in [0.29, 0.717) is 24.0 Å². The predicted molar refractivity (Wildman–Crippen MR) is 109 cm³/mol. The van der Waals surface area contributed by atoms with Gasteiger partial charge in [-0.15, -0.1) is 5.10 Å². The molecule has 0 radical (unpaired) electrons. The molecule has 2 N–H and O–H groups in total. The molecule has 0 atom stereocenters. The van der Waals surface area contributed by atoms with Crippen molar-refractivity contribution >= 4 is 70.5 Å². The maximum Gasteiger partial charge on any atom is 0.321 e. The first-order chi connectivity index (χ1) is 12.0. The molecule has 0 bridgehead atoms. The van der Waals surface area contributed by atoms with Crippen molar-refractivity contribution in [1.82, 2.24) is 20.4 Å². The highest BCUT2D eigenvalue weighted by Gasteiger charge is 2.16. The molecule has 2 rings (SSSR count). The topological polar surface area (TPSA) is 76.0 Å². The molecule has 26 heavy (non-hydrogen) atoms. The minimum atomic E-state index is -0.530. The van der Waals surface area contributed by atoms with E-state index in [0.717, 1.165) is 0 Å². The van der Waals surface area contributed by atoms with Crippen molar-refractivity contribution < 1.29 is 9.59 Å². The Bertz CT molecular complexity index is 890. The van der Waals surface area contributed by atoms with Gasteiger partial charge in [0.2, 0.25) is 5.91 Å². The molecular formula is C15H16Cl2N4O2S3. The fourth-order valence-corrected chi connectivity index (χ4v) is 4.21. The molecule has 0 fully saturated rings. The first-order valence-corrected chi connectivity index (χ1v) is 10.3. The molecule has 0 aliphatic heterocycles. The maximum atomic E-state index is 11.9. The molecule has 1 aromatic carbocycles. The van der Waals surface area contributed by atoms with Crippen LogP contribution < -0.4 is 10.6 Å². The summed E-state index contributed by atoms with van der Waals surface area (Å²) in [5, 5.41) is 10.1. The Morgan fingerprint density at radius 2 is 2.00 bits per heavy atom. The average molecular weight is 451 g/mol. The highest BCUT2D eigenvalue weighted by molar-refractivity contribution is 8.01. The molecule has 0 saturated carbocycles. The van der Waals surface area contributed by atoms with Gasteiger partial charge in [-0.1, -0.05) is 46.3 Å². The van der Waals surface area contributed by atoms with Gasteiger partial charge in [-0.25, -0.2) is 9.48 Å². The Hall–Kier alpha value is -1.13. The van der Waals surface area contributed by atoms with E-state index in [9.17, 15) is 9.59 Å². The summed E-state index contributed by atoms with van der Waals surface area (Å²) < 4.78 is 2.67. The highest BCUT2D eigenvalue weighted by atomic mass is 35.5. The zero-order valence-electron chi connectivity index (χ0n) is 14.1. The van der Waals surface area contributed by atoms with Gasteiger partial charge in [-0.3, -0.25) is 10.1 Å². The van der Waals surface area contributed by atoms with Crippen LogP contribution >= 0.6 is 58.5 Å². The van der Waals surface area contributed by atoms with Crippen LogP contribution in [0.5, 0.6) is 0 Å². The minimum Gasteiger partial charge on any atom is -0.333 e. The summed E-state index contributed by atoms with van der Waals surface area (Å²) in [5.41, 5.74) is 0.261. The van der Waals surface area contributed by atoms with Crippen LogP contribution in [0.3, 0.4) is 0 Å². The van der Waals surface area contributed by atoms with E-state index in [1.165, 1.54) is 23.1 Å². The molecule has 140 valence electrons. The summed E-state index contributed by atoms with van der Waals surface area (Å²) in [6.45, 7) is 5.48. The van der Waals surface area contributed by atoms with Crippen LogP contribution in [0.4, 0.5) is 4.79 Å². The van der Waals surface area contributed by atoms with Gasteiger partial charge in [-0.2, -0.15) is 0 Å². The van der Waals surface area contributed by atoms with Crippen molar-refractivity contribution in [2.24, 2.45) is 0 Å². The number of benzene rings is 1. The van der Waals surface area contributed by atoms with Crippen LogP contribution in [0.2, 0.25) is 10.0 Å². The second-order valence-corrected chi connectivity index (χ2v) is 9.84. The number of carbonyl (C=O) groups is 2. The number of carbonyl (C=O) groups excluding carboxylic acids is 2. The van der Waals surface area contributed by atoms with Gasteiger partial charge in [0.25, 0.3) is 0 Å². The van der Waals surface area contributed by atoms with Crippen molar-refractivity contribution in [3.63, 3.8) is 0 Å². The number of urea groups is 1. The Balaban J connectivity index is 1.99. The minimum absolute atomic E-state index is 0.0429. The lowest BCUT2D eigenvalue weighted by molar-refractivity contribution is -0.117. The lowest BCUT2D eigenvalue weighted by Gasteiger charge is -2.20. The number of imide groups is 1. The number of hydrogen-bond acceptors (Lipinski definition) is 6. The normalized spacial score (nSPS) is 11.3. The third kappa shape index (κ3) is 6.24. The molecule has 2 aromatic rings. The standard InChI is InChI=1S/C15H16Cl2N4O2S3/c1-15(2,3)19-12(23)18-11(22)7-25-13-20-21(14(24)26-13)8-4-5-9(16)10(17)6-8/h4-6H,7H2,1-3H3,(H2,18,19,22,23). The van der Waals surface area contributed by atoms with Crippen molar-refractivity contribution in [3.05, 3.63) is 32.2 Å². The lowest BCUT2D eigenvalue weighted by atomic mass is 10.1. The fourth-order valence-electron chi connectivity index (χ4n) is 1.76.